The summed E-state index contributed by atoms with van der Waals surface area (Å²) in [5.41, 5.74) is 9.97. The molecule has 0 radical (unpaired) electrons. The summed E-state index contributed by atoms with van der Waals surface area (Å²) in [6.07, 6.45) is 16.0. The van der Waals surface area contributed by atoms with Crippen molar-refractivity contribution in [2.45, 2.75) is 44.4 Å². The zero-order chi connectivity index (χ0) is 23.7. The Kier molecular flexibility index (Phi) is 5.79. The van der Waals surface area contributed by atoms with Gasteiger partial charge in [-0.3, -0.25) is 0 Å². The molecule has 10 nitrogen and oxygen atoms in total. The van der Waals surface area contributed by atoms with E-state index in [1.165, 1.54) is 50.6 Å². The minimum Gasteiger partial charge on any atom is -0.508 e. The molecule has 0 spiro atoms. The van der Waals surface area contributed by atoms with Crippen LogP contribution in [0.15, 0.2) is 48.8 Å². The molecule has 1 atom stereocenters. The number of nitrogens with two attached hydrogens (primary N) is 1. The first-order chi connectivity index (χ1) is 16.5. The summed E-state index contributed by atoms with van der Waals surface area (Å²) < 4.78 is 1.73. The molecule has 1 unspecified atom stereocenters. The Balaban J connectivity index is 1.51. The van der Waals surface area contributed by atoms with Gasteiger partial charge in [0.2, 0.25) is 0 Å². The topological polar surface area (TPSA) is 151 Å². The molecule has 34 heavy (non-hydrogen) atoms. The zero-order valence-corrected chi connectivity index (χ0v) is 18.8. The average molecular weight is 458 g/mol. The highest BCUT2D eigenvalue weighted by Gasteiger charge is 2.30. The van der Waals surface area contributed by atoms with Crippen LogP contribution in [0.4, 0.5) is 11.6 Å². The van der Waals surface area contributed by atoms with E-state index >= 15 is 0 Å². The molecule has 0 saturated heterocycles. The number of aliphatic hydroxyl groups excluding tert-OH is 1. The number of aromatic nitrogens is 6. The second-order valence-electron chi connectivity index (χ2n) is 8.75. The molecule has 3 aromatic heterocycles. The summed E-state index contributed by atoms with van der Waals surface area (Å²) in [6.45, 7) is 4.06. The molecule has 0 aromatic carbocycles. The number of nitrogens with one attached hydrogen (secondary N) is 2. The maximum atomic E-state index is 9.81. The fourth-order valence-electron chi connectivity index (χ4n) is 4.76. The van der Waals surface area contributed by atoms with Crippen LogP contribution in [0, 0.1) is 11.3 Å². The Hall–Kier alpha value is -4.08. The van der Waals surface area contributed by atoms with Crippen molar-refractivity contribution in [3.05, 3.63) is 60.0 Å². The maximum absolute atomic E-state index is 9.81. The van der Waals surface area contributed by atoms with Crippen LogP contribution in [-0.2, 0) is 6.42 Å². The number of allylic oxidation sites excluding steroid dienone is 3. The Labute approximate surface area is 196 Å². The van der Waals surface area contributed by atoms with Gasteiger partial charge in [-0.25, -0.2) is 24.5 Å². The van der Waals surface area contributed by atoms with Gasteiger partial charge < -0.3 is 21.6 Å². The Morgan fingerprint density at radius 2 is 2.09 bits per heavy atom. The lowest BCUT2D eigenvalue weighted by Crippen LogP contribution is -2.12. The number of anilines is 2. The number of nitrogen functional groups attached to an aromatic ring is 1. The molecule has 10 heteroatoms. The third-order valence-corrected chi connectivity index (χ3v) is 6.42. The van der Waals surface area contributed by atoms with Gasteiger partial charge in [0.15, 0.2) is 11.5 Å². The van der Waals surface area contributed by atoms with Gasteiger partial charge in [-0.1, -0.05) is 44.8 Å². The molecule has 1 fully saturated rings. The summed E-state index contributed by atoms with van der Waals surface area (Å²) in [5, 5.41) is 24.4. The van der Waals surface area contributed by atoms with E-state index in [9.17, 15) is 5.11 Å². The first-order valence-corrected chi connectivity index (χ1v) is 11.4. The second kappa shape index (κ2) is 9.05. The number of fused-ring (bicyclic) bond motifs is 2. The van der Waals surface area contributed by atoms with Crippen LogP contribution in [0.5, 0.6) is 0 Å². The molecule has 1 aliphatic carbocycles. The van der Waals surface area contributed by atoms with Crippen LogP contribution in [-0.4, -0.2) is 40.9 Å². The molecule has 0 amide bonds. The summed E-state index contributed by atoms with van der Waals surface area (Å²) in [7, 11) is 0. The number of rotatable bonds is 6. The number of hydrogen-bond acceptors (Lipinski definition) is 9. The highest BCUT2D eigenvalue weighted by Crippen LogP contribution is 2.41. The molecule has 174 valence electrons. The van der Waals surface area contributed by atoms with Crippen LogP contribution in [0.25, 0.3) is 17.2 Å². The number of aliphatic hydroxyl groups is 1. The van der Waals surface area contributed by atoms with Gasteiger partial charge in [0.1, 0.15) is 29.4 Å². The quantitative estimate of drug-likeness (QED) is 0.247. The van der Waals surface area contributed by atoms with Crippen LogP contribution >= 0.6 is 0 Å². The first-order valence-electron chi connectivity index (χ1n) is 11.4. The third-order valence-electron chi connectivity index (χ3n) is 6.42. The smallest absolute Gasteiger partial charge is 0.183 e. The second-order valence-corrected chi connectivity index (χ2v) is 8.75. The van der Waals surface area contributed by atoms with E-state index in [2.05, 4.69) is 27.0 Å². The Morgan fingerprint density at radius 1 is 1.26 bits per heavy atom. The van der Waals surface area contributed by atoms with E-state index < -0.39 is 0 Å². The molecule has 5 N–H and O–H groups in total. The van der Waals surface area contributed by atoms with Gasteiger partial charge >= 0.3 is 0 Å². The van der Waals surface area contributed by atoms with Crippen molar-refractivity contribution in [1.82, 2.24) is 29.5 Å². The predicted molar refractivity (Wildman–Crippen MR) is 131 cm³/mol. The van der Waals surface area contributed by atoms with Crippen molar-refractivity contribution in [2.24, 2.45) is 5.92 Å². The fraction of sp³-hybridized carbons (Fsp3) is 0.333. The summed E-state index contributed by atoms with van der Waals surface area (Å²) >= 11 is 0. The van der Waals surface area contributed by atoms with Crippen LogP contribution in [0.3, 0.4) is 0 Å². The molecular formula is C24H27N9O. The van der Waals surface area contributed by atoms with Gasteiger partial charge in [-0.15, -0.1) is 0 Å². The summed E-state index contributed by atoms with van der Waals surface area (Å²) in [6, 6.07) is 0. The predicted octanol–water partition coefficient (Wildman–Crippen LogP) is 3.96. The average Bonchev–Trinajstić information content (AvgIpc) is 3.42. The SMILES string of the molecule is C=C1Nc2nc(-c3cn4ncnc4c(CC4CCCCC4)n3)nc(N)c2C1/C=C/C(O)=C\C=N. The lowest BCUT2D eigenvalue weighted by molar-refractivity contribution is 0.354. The standard InChI is InChI=1S/C24H27N9O/c1-14-17(8-7-16(34)9-10-25)20-21(26)31-22(32-23(20)29-14)19-12-33-24(27-13-28-33)18(30-19)11-15-5-3-2-4-6-15/h7-10,12-13,15,17,25,34H,1-6,11H2,(H3,26,29,31,32)/b8-7+,16-9+,25-10?. The minimum absolute atomic E-state index is 0.0387. The molecule has 4 heterocycles. The van der Waals surface area contributed by atoms with Gasteiger partial charge in [-0.2, -0.15) is 5.10 Å². The monoisotopic (exact) mass is 457 g/mol. The zero-order valence-electron chi connectivity index (χ0n) is 18.8. The largest absolute Gasteiger partial charge is 0.508 e. The summed E-state index contributed by atoms with van der Waals surface area (Å²) in [4.78, 5) is 18.6. The van der Waals surface area contributed by atoms with E-state index in [4.69, 9.17) is 21.1 Å². The molecule has 0 bridgehead atoms. The molecular weight excluding hydrogens is 430 g/mol. The minimum atomic E-state index is -0.307. The summed E-state index contributed by atoms with van der Waals surface area (Å²) in [5.74, 6) is 1.52. The molecule has 3 aromatic rings. The highest BCUT2D eigenvalue weighted by molar-refractivity contribution is 5.73. The number of hydrogen-bond donors (Lipinski definition) is 4. The normalized spacial score (nSPS) is 19.0. The Bertz CT molecular complexity index is 1320. The van der Waals surface area contributed by atoms with Gasteiger partial charge in [-0.05, 0) is 24.5 Å². The molecule has 2 aliphatic rings. The molecule has 5 rings (SSSR count). The molecule has 1 aliphatic heterocycles. The van der Waals surface area contributed by atoms with E-state index in [-0.39, 0.29) is 11.7 Å². The van der Waals surface area contributed by atoms with Crippen molar-refractivity contribution in [1.29, 1.82) is 5.41 Å². The van der Waals surface area contributed by atoms with Crippen LogP contribution < -0.4 is 11.1 Å². The maximum Gasteiger partial charge on any atom is 0.183 e. The van der Waals surface area contributed by atoms with Crippen molar-refractivity contribution in [3.63, 3.8) is 0 Å². The first kappa shape index (κ1) is 21.7. The number of nitrogens with zero attached hydrogens (tertiary/aromatic N) is 6. The van der Waals surface area contributed by atoms with Crippen molar-refractivity contribution < 1.29 is 5.11 Å². The van der Waals surface area contributed by atoms with Gasteiger partial charge in [0, 0.05) is 23.4 Å². The Morgan fingerprint density at radius 3 is 2.88 bits per heavy atom. The van der Waals surface area contributed by atoms with Crippen molar-refractivity contribution in [3.8, 4) is 11.5 Å². The van der Waals surface area contributed by atoms with Crippen molar-refractivity contribution in [2.75, 3.05) is 11.1 Å². The lowest BCUT2D eigenvalue weighted by Gasteiger charge is -2.21. The van der Waals surface area contributed by atoms with Crippen molar-refractivity contribution >= 4 is 23.5 Å². The van der Waals surface area contributed by atoms with E-state index in [1.807, 2.05) is 0 Å². The van der Waals surface area contributed by atoms with Gasteiger partial charge in [0.05, 0.1) is 11.9 Å². The van der Waals surface area contributed by atoms with Crippen LogP contribution in [0.1, 0.15) is 49.3 Å². The fourth-order valence-corrected chi connectivity index (χ4v) is 4.76. The van der Waals surface area contributed by atoms with E-state index in [1.54, 1.807) is 16.8 Å². The molecule has 1 saturated carbocycles. The lowest BCUT2D eigenvalue weighted by atomic mass is 9.86. The highest BCUT2D eigenvalue weighted by atomic mass is 16.3. The van der Waals surface area contributed by atoms with E-state index in [0.717, 1.165) is 24.0 Å². The van der Waals surface area contributed by atoms with Crippen LogP contribution in [0.2, 0.25) is 0 Å². The van der Waals surface area contributed by atoms with Gasteiger partial charge in [0.25, 0.3) is 0 Å². The van der Waals surface area contributed by atoms with E-state index in [0.29, 0.717) is 40.3 Å². The third kappa shape index (κ3) is 4.14.